The normalized spacial score (nSPS) is 13.5. The van der Waals surface area contributed by atoms with E-state index in [0.717, 1.165) is 25.7 Å². The van der Waals surface area contributed by atoms with Crippen molar-refractivity contribution in [2.24, 2.45) is 0 Å². The molecule has 1 saturated carbocycles. The zero-order valence-electron chi connectivity index (χ0n) is 16.9. The van der Waals surface area contributed by atoms with Crippen molar-refractivity contribution in [1.82, 2.24) is 16.0 Å². The Kier molecular flexibility index (Phi) is 10.2. The molecule has 0 aromatic heterocycles. The van der Waals surface area contributed by atoms with Gasteiger partial charge >= 0.3 is 12.0 Å². The number of carbonyl (C=O) groups excluding carboxylic acids is 4. The zero-order valence-corrected chi connectivity index (χ0v) is 17.7. The summed E-state index contributed by atoms with van der Waals surface area (Å²) in [6.45, 7) is 0.247. The van der Waals surface area contributed by atoms with Gasteiger partial charge in [-0.3, -0.25) is 14.9 Å². The van der Waals surface area contributed by atoms with E-state index < -0.39 is 24.5 Å². The van der Waals surface area contributed by atoms with E-state index in [0.29, 0.717) is 18.0 Å². The molecule has 9 nitrogen and oxygen atoms in total. The lowest BCUT2D eigenvalue weighted by molar-refractivity contribution is -0.123. The number of amides is 4. The molecular weight excluding hydrogens is 410 g/mol. The fourth-order valence-corrected chi connectivity index (χ4v) is 3.78. The molecule has 0 aliphatic heterocycles. The summed E-state index contributed by atoms with van der Waals surface area (Å²) >= 11 is 1.19. The minimum atomic E-state index is -0.707. The average Bonchev–Trinajstić information content (AvgIpc) is 3.23. The Morgan fingerprint density at radius 2 is 1.83 bits per heavy atom. The maximum absolute atomic E-state index is 12.4. The number of benzene rings is 1. The molecule has 1 aliphatic carbocycles. The molecule has 0 heterocycles. The van der Waals surface area contributed by atoms with E-state index in [1.165, 1.54) is 11.8 Å². The van der Waals surface area contributed by atoms with Crippen molar-refractivity contribution in [2.45, 2.75) is 36.6 Å². The van der Waals surface area contributed by atoms with Gasteiger partial charge in [0.25, 0.3) is 5.91 Å². The Bertz CT molecular complexity index is 752. The molecule has 164 valence electrons. The number of ether oxygens (including phenoxy) is 2. The van der Waals surface area contributed by atoms with Crippen LogP contribution in [0.5, 0.6) is 0 Å². The molecule has 1 fully saturated rings. The molecule has 4 amide bonds. The van der Waals surface area contributed by atoms with E-state index in [9.17, 15) is 19.2 Å². The van der Waals surface area contributed by atoms with Crippen LogP contribution in [0, 0.1) is 0 Å². The molecule has 0 unspecified atom stereocenters. The zero-order chi connectivity index (χ0) is 21.8. The van der Waals surface area contributed by atoms with Crippen molar-refractivity contribution in [1.29, 1.82) is 0 Å². The van der Waals surface area contributed by atoms with Gasteiger partial charge in [0.1, 0.15) is 0 Å². The van der Waals surface area contributed by atoms with Crippen molar-refractivity contribution in [2.75, 3.05) is 32.6 Å². The van der Waals surface area contributed by atoms with Gasteiger partial charge in [-0.05, 0) is 25.0 Å². The van der Waals surface area contributed by atoms with Gasteiger partial charge < -0.3 is 20.1 Å². The fourth-order valence-electron chi connectivity index (χ4n) is 2.91. The number of imide groups is 1. The molecule has 30 heavy (non-hydrogen) atoms. The molecule has 0 atom stereocenters. The third-order valence-corrected chi connectivity index (χ3v) is 5.45. The molecule has 10 heteroatoms. The number of methoxy groups -OCH3 is 1. The number of carbonyl (C=O) groups is 4. The number of thioether (sulfide) groups is 1. The lowest BCUT2D eigenvalue weighted by Gasteiger charge is -2.12. The Morgan fingerprint density at radius 3 is 2.57 bits per heavy atom. The van der Waals surface area contributed by atoms with Crippen LogP contribution in [0.2, 0.25) is 0 Å². The highest BCUT2D eigenvalue weighted by molar-refractivity contribution is 8.00. The number of esters is 1. The molecule has 0 radical (unpaired) electrons. The number of urea groups is 1. The summed E-state index contributed by atoms with van der Waals surface area (Å²) < 4.78 is 9.89. The van der Waals surface area contributed by atoms with Crippen molar-refractivity contribution < 1.29 is 28.7 Å². The maximum Gasteiger partial charge on any atom is 0.339 e. The smallest absolute Gasteiger partial charge is 0.339 e. The van der Waals surface area contributed by atoms with Gasteiger partial charge in [0.05, 0.1) is 17.9 Å². The van der Waals surface area contributed by atoms with Crippen molar-refractivity contribution in [3.63, 3.8) is 0 Å². The quantitative estimate of drug-likeness (QED) is 0.288. The summed E-state index contributed by atoms with van der Waals surface area (Å²) in [5.74, 6) is -1.48. The molecular formula is C20H27N3O6S. The fraction of sp³-hybridized carbons (Fsp3) is 0.500. The SMILES string of the molecule is COCCNC(=O)CSc1ccccc1C(=O)OCC(=O)NC(=O)NC1CCCC1. The second kappa shape index (κ2) is 12.9. The average molecular weight is 438 g/mol. The summed E-state index contributed by atoms with van der Waals surface area (Å²) in [4.78, 5) is 48.4. The molecule has 1 aliphatic rings. The first-order valence-electron chi connectivity index (χ1n) is 9.74. The Balaban J connectivity index is 1.78. The summed E-state index contributed by atoms with van der Waals surface area (Å²) in [5, 5.41) is 7.58. The summed E-state index contributed by atoms with van der Waals surface area (Å²) in [6.07, 6.45) is 3.91. The second-order valence-electron chi connectivity index (χ2n) is 6.71. The minimum Gasteiger partial charge on any atom is -0.452 e. The Labute approximate surface area is 179 Å². The molecule has 0 bridgehead atoms. The van der Waals surface area contributed by atoms with Crippen LogP contribution in [0.4, 0.5) is 4.79 Å². The Morgan fingerprint density at radius 1 is 1.10 bits per heavy atom. The van der Waals surface area contributed by atoms with E-state index in [4.69, 9.17) is 9.47 Å². The van der Waals surface area contributed by atoms with E-state index in [1.54, 1.807) is 31.4 Å². The molecule has 3 N–H and O–H groups in total. The largest absolute Gasteiger partial charge is 0.452 e. The number of nitrogens with one attached hydrogen (secondary N) is 3. The topological polar surface area (TPSA) is 123 Å². The van der Waals surface area contributed by atoms with E-state index in [1.807, 2.05) is 0 Å². The van der Waals surface area contributed by atoms with Gasteiger partial charge in [-0.15, -0.1) is 11.8 Å². The molecule has 0 saturated heterocycles. The molecule has 1 aromatic carbocycles. The maximum atomic E-state index is 12.4. The van der Waals surface area contributed by atoms with Crippen LogP contribution in [-0.2, 0) is 19.1 Å². The van der Waals surface area contributed by atoms with Crippen molar-refractivity contribution in [3.8, 4) is 0 Å². The minimum absolute atomic E-state index is 0.0796. The van der Waals surface area contributed by atoms with E-state index in [2.05, 4.69) is 16.0 Å². The summed E-state index contributed by atoms with van der Waals surface area (Å²) in [5.41, 5.74) is 0.246. The summed E-state index contributed by atoms with van der Waals surface area (Å²) in [6, 6.07) is 6.14. The lowest BCUT2D eigenvalue weighted by atomic mass is 10.2. The first kappa shape index (κ1) is 23.7. The van der Waals surface area contributed by atoms with Gasteiger partial charge in [-0.25, -0.2) is 9.59 Å². The van der Waals surface area contributed by atoms with Crippen molar-refractivity contribution in [3.05, 3.63) is 29.8 Å². The first-order valence-corrected chi connectivity index (χ1v) is 10.7. The third-order valence-electron chi connectivity index (χ3n) is 4.37. The molecule has 1 aromatic rings. The highest BCUT2D eigenvalue weighted by atomic mass is 32.2. The standard InChI is InChI=1S/C20H27N3O6S/c1-28-11-10-21-18(25)13-30-16-9-5-4-8-15(16)19(26)29-12-17(24)23-20(27)22-14-6-2-3-7-14/h4-5,8-9,14H,2-3,6-7,10-13H2,1H3,(H,21,25)(H2,22,23,24,27). The second-order valence-corrected chi connectivity index (χ2v) is 7.72. The number of rotatable bonds is 10. The van der Waals surface area contributed by atoms with E-state index >= 15 is 0 Å². The van der Waals surface area contributed by atoms with Gasteiger partial charge in [-0.2, -0.15) is 0 Å². The molecule has 0 spiro atoms. The Hall–Kier alpha value is -2.59. The van der Waals surface area contributed by atoms with Crippen LogP contribution in [0.3, 0.4) is 0 Å². The van der Waals surface area contributed by atoms with Crippen molar-refractivity contribution >= 4 is 35.6 Å². The van der Waals surface area contributed by atoms with Gasteiger partial charge in [0.2, 0.25) is 5.91 Å². The summed E-state index contributed by atoms with van der Waals surface area (Å²) in [7, 11) is 1.55. The van der Waals surface area contributed by atoms with Crippen LogP contribution in [0.15, 0.2) is 29.2 Å². The van der Waals surface area contributed by atoms with Gasteiger partial charge in [0, 0.05) is 24.6 Å². The lowest BCUT2D eigenvalue weighted by Crippen LogP contribution is -2.45. The third kappa shape index (κ3) is 8.42. The highest BCUT2D eigenvalue weighted by Gasteiger charge is 2.19. The van der Waals surface area contributed by atoms with Crippen LogP contribution in [-0.4, -0.2) is 62.5 Å². The van der Waals surface area contributed by atoms with Crippen LogP contribution in [0.25, 0.3) is 0 Å². The molecule has 2 rings (SSSR count). The number of hydrogen-bond donors (Lipinski definition) is 3. The predicted molar refractivity (Wildman–Crippen MR) is 111 cm³/mol. The highest BCUT2D eigenvalue weighted by Crippen LogP contribution is 2.23. The monoisotopic (exact) mass is 437 g/mol. The van der Waals surface area contributed by atoms with E-state index in [-0.39, 0.29) is 23.3 Å². The van der Waals surface area contributed by atoms with Gasteiger partial charge in [0.15, 0.2) is 6.61 Å². The predicted octanol–water partition coefficient (Wildman–Crippen LogP) is 1.47. The first-order chi connectivity index (χ1) is 14.5. The van der Waals surface area contributed by atoms with Crippen LogP contribution < -0.4 is 16.0 Å². The van der Waals surface area contributed by atoms with Crippen LogP contribution >= 0.6 is 11.8 Å². The van der Waals surface area contributed by atoms with Gasteiger partial charge in [-0.1, -0.05) is 25.0 Å². The van der Waals surface area contributed by atoms with Crippen LogP contribution in [0.1, 0.15) is 36.0 Å². The number of hydrogen-bond acceptors (Lipinski definition) is 7.